The fourth-order valence-electron chi connectivity index (χ4n) is 0.957. The Hall–Kier alpha value is -1.55. The average Bonchev–Trinajstić information content (AvgIpc) is 2.25. The first-order valence-electron chi connectivity index (χ1n) is 4.12. The van der Waals surface area contributed by atoms with E-state index in [1.165, 1.54) is 0 Å². The van der Waals surface area contributed by atoms with E-state index in [-0.39, 0.29) is 6.79 Å². The summed E-state index contributed by atoms with van der Waals surface area (Å²) in [5.41, 5.74) is 1.00. The summed E-state index contributed by atoms with van der Waals surface area (Å²) in [4.78, 5) is 9.78. The zero-order valence-corrected chi connectivity index (χ0v) is 7.93. The normalized spacial score (nSPS) is 9.50. The van der Waals surface area contributed by atoms with Crippen molar-refractivity contribution in [3.8, 4) is 5.75 Å². The van der Waals surface area contributed by atoms with Crippen LogP contribution in [0.5, 0.6) is 5.75 Å². The summed E-state index contributed by atoms with van der Waals surface area (Å²) >= 11 is 0. The van der Waals surface area contributed by atoms with Gasteiger partial charge in [0.25, 0.3) is 6.47 Å². The van der Waals surface area contributed by atoms with E-state index >= 15 is 0 Å². The molecule has 1 aromatic rings. The second kappa shape index (κ2) is 5.99. The Balaban J connectivity index is 2.32. The Kier molecular flexibility index (Phi) is 4.50. The molecule has 4 heteroatoms. The van der Waals surface area contributed by atoms with Crippen LogP contribution >= 0.6 is 0 Å². The molecule has 0 unspecified atom stereocenters. The molecule has 0 aliphatic carbocycles. The second-order valence-electron chi connectivity index (χ2n) is 2.58. The van der Waals surface area contributed by atoms with E-state index in [1.807, 2.05) is 24.3 Å². The minimum atomic E-state index is -0.0183. The number of carbonyl (C=O) groups excluding carboxylic acids is 1. The highest BCUT2D eigenvalue weighted by Gasteiger charge is 1.94. The molecule has 0 N–H and O–H groups in total. The Bertz CT molecular complexity index is 268. The lowest BCUT2D eigenvalue weighted by Crippen LogP contribution is -1.98. The molecule has 1 rings (SSSR count). The van der Waals surface area contributed by atoms with Crippen molar-refractivity contribution < 1.29 is 19.0 Å². The van der Waals surface area contributed by atoms with Crippen molar-refractivity contribution in [2.45, 2.75) is 6.61 Å². The van der Waals surface area contributed by atoms with Crippen LogP contribution in [0.15, 0.2) is 24.3 Å². The molecule has 0 spiro atoms. The fourth-order valence-corrected chi connectivity index (χ4v) is 0.957. The molecule has 4 nitrogen and oxygen atoms in total. The first kappa shape index (κ1) is 10.5. The first-order chi connectivity index (χ1) is 6.86. The Morgan fingerprint density at radius 3 is 2.57 bits per heavy atom. The standard InChI is InChI=1S/C10H12O4/c1-12-10-4-2-9(3-5-10)6-13-8-14-7-11/h2-5,7H,6,8H2,1H3. The van der Waals surface area contributed by atoms with E-state index in [2.05, 4.69) is 4.74 Å². The minimum Gasteiger partial charge on any atom is -0.497 e. The van der Waals surface area contributed by atoms with Gasteiger partial charge in [0, 0.05) is 0 Å². The molecule has 0 bridgehead atoms. The van der Waals surface area contributed by atoms with E-state index in [9.17, 15) is 4.79 Å². The highest BCUT2D eigenvalue weighted by atomic mass is 16.7. The predicted molar refractivity (Wildman–Crippen MR) is 49.8 cm³/mol. The topological polar surface area (TPSA) is 44.8 Å². The maximum atomic E-state index is 9.78. The van der Waals surface area contributed by atoms with Crippen LogP contribution in [0.1, 0.15) is 5.56 Å². The minimum absolute atomic E-state index is 0.0183. The van der Waals surface area contributed by atoms with Crippen LogP contribution in [0.4, 0.5) is 0 Å². The molecule has 0 aliphatic rings. The number of methoxy groups -OCH3 is 1. The van der Waals surface area contributed by atoms with Crippen LogP contribution in [0, 0.1) is 0 Å². The molecule has 0 saturated heterocycles. The van der Waals surface area contributed by atoms with E-state index in [4.69, 9.17) is 9.47 Å². The van der Waals surface area contributed by atoms with E-state index in [1.54, 1.807) is 7.11 Å². The number of ether oxygens (including phenoxy) is 3. The summed E-state index contributed by atoms with van der Waals surface area (Å²) in [6.45, 7) is 0.751. The van der Waals surface area contributed by atoms with Gasteiger partial charge >= 0.3 is 0 Å². The molecular weight excluding hydrogens is 184 g/mol. The molecule has 0 aliphatic heterocycles. The van der Waals surface area contributed by atoms with Gasteiger partial charge in [0.15, 0.2) is 6.79 Å². The Morgan fingerprint density at radius 1 is 1.29 bits per heavy atom. The largest absolute Gasteiger partial charge is 0.497 e. The highest BCUT2D eigenvalue weighted by molar-refractivity contribution is 5.36. The summed E-state index contributed by atoms with van der Waals surface area (Å²) in [6, 6.07) is 7.47. The quantitative estimate of drug-likeness (QED) is 0.391. The first-order valence-corrected chi connectivity index (χ1v) is 4.12. The summed E-state index contributed by atoms with van der Waals surface area (Å²) < 4.78 is 14.4. The van der Waals surface area contributed by atoms with Gasteiger partial charge in [0.05, 0.1) is 13.7 Å². The number of hydrogen-bond donors (Lipinski definition) is 0. The van der Waals surface area contributed by atoms with Crippen LogP contribution in [0.25, 0.3) is 0 Å². The lowest BCUT2D eigenvalue weighted by Gasteiger charge is -2.03. The van der Waals surface area contributed by atoms with Crippen molar-refractivity contribution in [1.82, 2.24) is 0 Å². The van der Waals surface area contributed by atoms with Crippen LogP contribution in [0.3, 0.4) is 0 Å². The van der Waals surface area contributed by atoms with Gasteiger partial charge in [0.2, 0.25) is 0 Å². The summed E-state index contributed by atoms with van der Waals surface area (Å²) in [6.07, 6.45) is 0. The van der Waals surface area contributed by atoms with Crippen LogP contribution in [0.2, 0.25) is 0 Å². The van der Waals surface area contributed by atoms with Gasteiger partial charge in [-0.2, -0.15) is 0 Å². The third-order valence-electron chi connectivity index (χ3n) is 1.65. The van der Waals surface area contributed by atoms with Crippen molar-refractivity contribution in [1.29, 1.82) is 0 Å². The molecule has 0 atom stereocenters. The van der Waals surface area contributed by atoms with E-state index < -0.39 is 0 Å². The van der Waals surface area contributed by atoms with Gasteiger partial charge in [-0.3, -0.25) is 4.79 Å². The van der Waals surface area contributed by atoms with Crippen molar-refractivity contribution in [3.05, 3.63) is 29.8 Å². The summed E-state index contributed by atoms with van der Waals surface area (Å²) in [7, 11) is 1.61. The van der Waals surface area contributed by atoms with Gasteiger partial charge in [-0.15, -0.1) is 0 Å². The summed E-state index contributed by atoms with van der Waals surface area (Å²) in [5, 5.41) is 0. The van der Waals surface area contributed by atoms with Crippen molar-refractivity contribution in [2.24, 2.45) is 0 Å². The maximum absolute atomic E-state index is 9.78. The average molecular weight is 196 g/mol. The van der Waals surface area contributed by atoms with Crippen LogP contribution in [-0.4, -0.2) is 20.4 Å². The fraction of sp³-hybridized carbons (Fsp3) is 0.300. The highest BCUT2D eigenvalue weighted by Crippen LogP contribution is 2.11. The number of rotatable bonds is 6. The van der Waals surface area contributed by atoms with Crippen molar-refractivity contribution >= 4 is 6.47 Å². The lowest BCUT2D eigenvalue weighted by atomic mass is 10.2. The number of benzene rings is 1. The van der Waals surface area contributed by atoms with Crippen LogP contribution in [-0.2, 0) is 20.9 Å². The molecule has 0 heterocycles. The van der Waals surface area contributed by atoms with Gasteiger partial charge < -0.3 is 14.2 Å². The van der Waals surface area contributed by atoms with Gasteiger partial charge in [-0.1, -0.05) is 12.1 Å². The van der Waals surface area contributed by atoms with Gasteiger partial charge in [-0.05, 0) is 17.7 Å². The zero-order valence-electron chi connectivity index (χ0n) is 7.93. The predicted octanol–water partition coefficient (Wildman–Crippen LogP) is 1.34. The molecule has 1 aromatic carbocycles. The molecule has 76 valence electrons. The molecule has 0 saturated carbocycles. The molecule has 14 heavy (non-hydrogen) atoms. The smallest absolute Gasteiger partial charge is 0.295 e. The number of hydrogen-bond acceptors (Lipinski definition) is 4. The SMILES string of the molecule is COc1ccc(COCOC=O)cc1. The molecule has 0 amide bonds. The molecule has 0 aromatic heterocycles. The third-order valence-corrected chi connectivity index (χ3v) is 1.65. The molecule has 0 radical (unpaired) electrons. The van der Waals surface area contributed by atoms with E-state index in [0.717, 1.165) is 11.3 Å². The lowest BCUT2D eigenvalue weighted by molar-refractivity contribution is -0.141. The number of carbonyl (C=O) groups is 1. The monoisotopic (exact) mass is 196 g/mol. The Labute approximate surface area is 82.4 Å². The van der Waals surface area contributed by atoms with Gasteiger partial charge in [0.1, 0.15) is 5.75 Å². The van der Waals surface area contributed by atoms with E-state index in [0.29, 0.717) is 13.1 Å². The second-order valence-corrected chi connectivity index (χ2v) is 2.58. The van der Waals surface area contributed by atoms with Crippen molar-refractivity contribution in [2.75, 3.05) is 13.9 Å². The third kappa shape index (κ3) is 3.45. The van der Waals surface area contributed by atoms with Gasteiger partial charge in [-0.25, -0.2) is 0 Å². The van der Waals surface area contributed by atoms with Crippen molar-refractivity contribution in [3.63, 3.8) is 0 Å². The zero-order chi connectivity index (χ0) is 10.2. The molecular formula is C10H12O4. The molecule has 0 fully saturated rings. The maximum Gasteiger partial charge on any atom is 0.295 e. The Morgan fingerprint density at radius 2 is 2.00 bits per heavy atom. The van der Waals surface area contributed by atoms with Crippen LogP contribution < -0.4 is 4.74 Å². The summed E-state index contributed by atoms with van der Waals surface area (Å²) in [5.74, 6) is 0.804.